The Bertz CT molecular complexity index is 1700. The molecule has 0 saturated carbocycles. The number of fused-ring (bicyclic) bond motifs is 1. The Hall–Kier alpha value is -4.52. The number of aliphatic imine (C=N–C) groups is 1. The van der Waals surface area contributed by atoms with Crippen LogP contribution in [0.15, 0.2) is 45.9 Å². The highest BCUT2D eigenvalue weighted by Crippen LogP contribution is 2.24. The average Bonchev–Trinajstić information content (AvgIpc) is 3.32. The van der Waals surface area contributed by atoms with Crippen LogP contribution in [0.3, 0.4) is 0 Å². The van der Waals surface area contributed by atoms with Crippen molar-refractivity contribution in [1.82, 2.24) is 10.3 Å². The first kappa shape index (κ1) is 33.7. The number of nitrogen functional groups attached to an aromatic ring is 1. The molecule has 2 rings (SSSR count). The molecule has 0 aliphatic carbocycles. The Morgan fingerprint density at radius 1 is 1.26 bits per heavy atom. The Morgan fingerprint density at radius 3 is 2.40 bits per heavy atom. The summed E-state index contributed by atoms with van der Waals surface area (Å²) in [6.07, 6.45) is 4.79. The molecule has 0 bridgehead atoms. The fraction of sp³-hybridized carbons (Fsp3) is 0.375. The first-order valence-corrected chi connectivity index (χ1v) is 13.8. The van der Waals surface area contributed by atoms with Crippen molar-refractivity contribution in [2.24, 2.45) is 16.1 Å². The van der Waals surface area contributed by atoms with Crippen LogP contribution in [0.25, 0.3) is 22.2 Å². The Labute approximate surface area is 245 Å². The molecular formula is C32H41F2N7O. The van der Waals surface area contributed by atoms with Crippen LogP contribution in [0.1, 0.15) is 73.8 Å². The van der Waals surface area contributed by atoms with Crippen molar-refractivity contribution >= 4 is 45.7 Å². The number of nitrogens with two attached hydrogens (primary N) is 2. The number of rotatable bonds is 11. The number of allylic oxidation sites excluding steroid dienone is 5. The van der Waals surface area contributed by atoms with Gasteiger partial charge in [-0.2, -0.15) is 5.26 Å². The number of carbonyl (C=O) groups excluding carboxylic acids is 1. The highest BCUT2D eigenvalue weighted by atomic mass is 19.1. The van der Waals surface area contributed by atoms with E-state index >= 15 is 0 Å². The summed E-state index contributed by atoms with van der Waals surface area (Å²) in [6.45, 7) is 14.7. The SMILES string of the molecule is C\C=C(F)/C=C(C(/C)=N\C(C(N)=O)=c1\[nH]c2cc(F)c(N)c(C=N)c2\c1=C(\C)CC)\C(NCC(C)(C)C#N)=C(/C)CC. The second kappa shape index (κ2) is 13.9. The molecule has 0 atom stereocenters. The first-order valence-electron chi connectivity index (χ1n) is 13.8. The van der Waals surface area contributed by atoms with Gasteiger partial charge in [0, 0.05) is 52.0 Å². The van der Waals surface area contributed by atoms with Gasteiger partial charge in [-0.15, -0.1) is 0 Å². The van der Waals surface area contributed by atoms with Gasteiger partial charge in [0.05, 0.1) is 28.0 Å². The van der Waals surface area contributed by atoms with E-state index in [1.807, 2.05) is 27.7 Å². The number of nitrogens with one attached hydrogen (secondary N) is 3. The van der Waals surface area contributed by atoms with Crippen LogP contribution in [-0.4, -0.2) is 29.4 Å². The molecule has 1 amide bonds. The molecule has 0 fully saturated rings. The van der Waals surface area contributed by atoms with Crippen molar-refractivity contribution in [2.45, 2.75) is 68.2 Å². The lowest BCUT2D eigenvalue weighted by atomic mass is 9.94. The second-order valence-corrected chi connectivity index (χ2v) is 10.8. The lowest BCUT2D eigenvalue weighted by Crippen LogP contribution is -2.33. The summed E-state index contributed by atoms with van der Waals surface area (Å²) in [7, 11) is 0. The van der Waals surface area contributed by atoms with Crippen LogP contribution >= 0.6 is 0 Å². The number of aromatic amines is 1. The maximum absolute atomic E-state index is 14.8. The van der Waals surface area contributed by atoms with Gasteiger partial charge in [0.25, 0.3) is 5.91 Å². The lowest BCUT2D eigenvalue weighted by molar-refractivity contribution is -0.113. The molecule has 0 aliphatic rings. The van der Waals surface area contributed by atoms with Crippen molar-refractivity contribution in [2.75, 3.05) is 12.3 Å². The molecule has 0 saturated heterocycles. The van der Waals surface area contributed by atoms with Gasteiger partial charge in [-0.3, -0.25) is 4.79 Å². The standard InChI is InChI=1S/C32H41F2N7O/c1-9-17(4)25-26-22(14-35)27(37)23(34)13-24(26)41-29(25)30(31(38)42)40-19(6)21(12-20(33)11-3)28(18(5)10-2)39-16-32(7,8)15-36/h11-14,35,39,41H,9-10,16,37H2,1-8H3,(H2,38,42)/b20-11+,21-12-,25-17+,28-18-,30-29+,35-14?,40-19-. The fourth-order valence-electron chi connectivity index (χ4n) is 4.35. The molecule has 1 aromatic carbocycles. The third-order valence-electron chi connectivity index (χ3n) is 7.15. The van der Waals surface area contributed by atoms with Crippen LogP contribution in [-0.2, 0) is 4.79 Å². The summed E-state index contributed by atoms with van der Waals surface area (Å²) in [5.74, 6) is -2.10. The minimum absolute atomic E-state index is 0.154. The van der Waals surface area contributed by atoms with Gasteiger partial charge < -0.3 is 27.2 Å². The van der Waals surface area contributed by atoms with E-state index in [2.05, 4.69) is 21.4 Å². The van der Waals surface area contributed by atoms with Gasteiger partial charge in [-0.05, 0) is 66.0 Å². The monoisotopic (exact) mass is 577 g/mol. The predicted molar refractivity (Wildman–Crippen MR) is 168 cm³/mol. The number of anilines is 1. The summed E-state index contributed by atoms with van der Waals surface area (Å²) >= 11 is 0. The number of nitrogens with zero attached hydrogens (tertiary/aromatic N) is 2. The molecule has 7 N–H and O–H groups in total. The van der Waals surface area contributed by atoms with E-state index in [1.54, 1.807) is 27.7 Å². The first-order chi connectivity index (χ1) is 19.7. The third-order valence-corrected chi connectivity index (χ3v) is 7.15. The summed E-state index contributed by atoms with van der Waals surface area (Å²) in [4.78, 5) is 20.7. The summed E-state index contributed by atoms with van der Waals surface area (Å²) in [6, 6.07) is 3.46. The molecule has 0 spiro atoms. The number of hydrogen-bond donors (Lipinski definition) is 5. The minimum Gasteiger partial charge on any atom is -0.396 e. The second-order valence-electron chi connectivity index (χ2n) is 10.8. The maximum atomic E-state index is 14.8. The number of H-pyrrole nitrogens is 1. The van der Waals surface area contributed by atoms with Crippen molar-refractivity contribution < 1.29 is 13.6 Å². The quantitative estimate of drug-likeness (QED) is 0.142. The van der Waals surface area contributed by atoms with E-state index < -0.39 is 23.0 Å². The molecule has 2 aromatic rings. The number of hydrogen-bond acceptors (Lipinski definition) is 6. The molecule has 0 radical (unpaired) electrons. The number of nitriles is 1. The van der Waals surface area contributed by atoms with Crippen molar-refractivity contribution in [1.29, 1.82) is 10.7 Å². The van der Waals surface area contributed by atoms with E-state index in [9.17, 15) is 18.8 Å². The Kier molecular flexibility index (Phi) is 11.1. The maximum Gasteiger partial charge on any atom is 0.269 e. The van der Waals surface area contributed by atoms with E-state index in [4.69, 9.17) is 16.9 Å². The van der Waals surface area contributed by atoms with Gasteiger partial charge >= 0.3 is 0 Å². The molecule has 1 aromatic heterocycles. The molecule has 224 valence electrons. The highest BCUT2D eigenvalue weighted by molar-refractivity contribution is 6.17. The zero-order valence-corrected chi connectivity index (χ0v) is 25.6. The number of benzene rings is 1. The predicted octanol–water partition coefficient (Wildman–Crippen LogP) is 5.14. The van der Waals surface area contributed by atoms with Gasteiger partial charge in [0.2, 0.25) is 0 Å². The van der Waals surface area contributed by atoms with Crippen LogP contribution in [0.4, 0.5) is 14.5 Å². The Balaban J connectivity index is 3.12. The molecule has 0 aliphatic heterocycles. The third kappa shape index (κ3) is 7.21. The van der Waals surface area contributed by atoms with E-state index in [0.29, 0.717) is 40.2 Å². The molecule has 8 nitrogen and oxygen atoms in total. The van der Waals surface area contributed by atoms with Crippen molar-refractivity contribution in [3.63, 3.8) is 0 Å². The van der Waals surface area contributed by atoms with E-state index in [-0.39, 0.29) is 34.6 Å². The number of halogens is 2. The van der Waals surface area contributed by atoms with Crippen LogP contribution in [0, 0.1) is 28.0 Å². The van der Waals surface area contributed by atoms with Gasteiger partial charge in [0.15, 0.2) is 5.70 Å². The zero-order valence-electron chi connectivity index (χ0n) is 25.6. The van der Waals surface area contributed by atoms with Crippen molar-refractivity contribution in [3.8, 4) is 6.07 Å². The van der Waals surface area contributed by atoms with E-state index in [1.165, 1.54) is 18.2 Å². The molecule has 10 heteroatoms. The summed E-state index contributed by atoms with van der Waals surface area (Å²) in [5, 5.41) is 22.0. The van der Waals surface area contributed by atoms with Gasteiger partial charge in [0.1, 0.15) is 11.6 Å². The number of amides is 1. The smallest absolute Gasteiger partial charge is 0.269 e. The molecular weight excluding hydrogens is 536 g/mol. The molecule has 1 heterocycles. The average molecular weight is 578 g/mol. The number of carbonyl (C=O) groups is 1. The summed E-state index contributed by atoms with van der Waals surface area (Å²) < 4.78 is 29.5. The topological polar surface area (TPSA) is 157 Å². The summed E-state index contributed by atoms with van der Waals surface area (Å²) in [5.41, 5.74) is 14.3. The lowest BCUT2D eigenvalue weighted by Gasteiger charge is -2.23. The van der Waals surface area contributed by atoms with Gasteiger partial charge in [-0.25, -0.2) is 13.8 Å². The molecule has 0 unspecified atom stereocenters. The molecule has 42 heavy (non-hydrogen) atoms. The van der Waals surface area contributed by atoms with Crippen LogP contribution in [0.5, 0.6) is 0 Å². The van der Waals surface area contributed by atoms with Crippen LogP contribution in [0.2, 0.25) is 0 Å². The Morgan fingerprint density at radius 2 is 1.90 bits per heavy atom. The largest absolute Gasteiger partial charge is 0.396 e. The van der Waals surface area contributed by atoms with Crippen LogP contribution < -0.4 is 27.4 Å². The highest BCUT2D eigenvalue weighted by Gasteiger charge is 2.22. The van der Waals surface area contributed by atoms with Crippen molar-refractivity contribution in [3.05, 3.63) is 62.8 Å². The number of primary amides is 1. The number of aromatic nitrogens is 1. The fourth-order valence-corrected chi connectivity index (χ4v) is 4.35. The normalized spacial score (nSPS) is 15.2. The van der Waals surface area contributed by atoms with E-state index in [0.717, 1.165) is 17.4 Å². The van der Waals surface area contributed by atoms with Gasteiger partial charge in [-0.1, -0.05) is 25.5 Å². The minimum atomic E-state index is -0.863. The zero-order chi connectivity index (χ0) is 31.9.